The van der Waals surface area contributed by atoms with Crippen LogP contribution in [0.2, 0.25) is 0 Å². The fraction of sp³-hybridized carbons (Fsp3) is 0.889. The molecular weight excluding hydrogens is 306 g/mol. The van der Waals surface area contributed by atoms with Crippen molar-refractivity contribution in [3.8, 4) is 0 Å². The van der Waals surface area contributed by atoms with Crippen LogP contribution in [-0.2, 0) is 14.3 Å². The molecule has 0 aromatic carbocycles. The number of nitrogens with zero attached hydrogens (tertiary/aromatic N) is 3. The third-order valence-electron chi connectivity index (χ3n) is 5.55. The zero-order chi connectivity index (χ0) is 16.9. The molecule has 2 atom stereocenters. The first-order valence-corrected chi connectivity index (χ1v) is 9.50. The van der Waals surface area contributed by atoms with Crippen molar-refractivity contribution in [2.75, 3.05) is 59.0 Å². The Morgan fingerprint density at radius 1 is 0.958 bits per heavy atom. The number of amides is 2. The Balaban J connectivity index is 1.49. The summed E-state index contributed by atoms with van der Waals surface area (Å²) < 4.78 is 5.33. The largest absolute Gasteiger partial charge is 0.378 e. The van der Waals surface area contributed by atoms with E-state index in [9.17, 15) is 9.59 Å². The Morgan fingerprint density at radius 3 is 2.46 bits per heavy atom. The van der Waals surface area contributed by atoms with Crippen LogP contribution in [0, 0.1) is 11.8 Å². The van der Waals surface area contributed by atoms with Crippen molar-refractivity contribution in [3.63, 3.8) is 0 Å². The second-order valence-electron chi connectivity index (χ2n) is 7.60. The van der Waals surface area contributed by atoms with E-state index in [1.807, 2.05) is 9.80 Å². The van der Waals surface area contributed by atoms with Crippen LogP contribution in [-0.4, -0.2) is 85.5 Å². The van der Waals surface area contributed by atoms with Gasteiger partial charge in [0.15, 0.2) is 0 Å². The van der Waals surface area contributed by atoms with Crippen molar-refractivity contribution in [1.82, 2.24) is 14.7 Å². The molecule has 2 amide bonds. The van der Waals surface area contributed by atoms with Gasteiger partial charge in [-0.05, 0) is 38.1 Å². The Bertz CT molecular complexity index is 451. The first-order valence-electron chi connectivity index (χ1n) is 9.50. The van der Waals surface area contributed by atoms with Gasteiger partial charge in [-0.25, -0.2) is 0 Å². The van der Waals surface area contributed by atoms with Gasteiger partial charge in [0.05, 0.1) is 25.7 Å². The lowest BCUT2D eigenvalue weighted by Crippen LogP contribution is -2.51. The molecule has 0 aromatic heterocycles. The highest BCUT2D eigenvalue weighted by Gasteiger charge is 2.31. The summed E-state index contributed by atoms with van der Waals surface area (Å²) in [5.41, 5.74) is 0. The zero-order valence-corrected chi connectivity index (χ0v) is 14.9. The molecule has 24 heavy (non-hydrogen) atoms. The molecule has 0 spiro atoms. The van der Waals surface area contributed by atoms with Gasteiger partial charge in [-0.15, -0.1) is 0 Å². The second kappa shape index (κ2) is 8.30. The van der Waals surface area contributed by atoms with E-state index in [4.69, 9.17) is 4.74 Å². The maximum absolute atomic E-state index is 12.7. The highest BCUT2D eigenvalue weighted by Crippen LogP contribution is 2.21. The van der Waals surface area contributed by atoms with Crippen LogP contribution in [0.1, 0.15) is 32.6 Å². The fourth-order valence-corrected chi connectivity index (χ4v) is 4.15. The highest BCUT2D eigenvalue weighted by molar-refractivity contribution is 5.80. The number of rotatable bonds is 3. The number of piperidine rings is 2. The molecular formula is C18H31N3O3. The number of carbonyl (C=O) groups excluding carboxylic acids is 2. The molecule has 3 saturated heterocycles. The smallest absolute Gasteiger partial charge is 0.236 e. The molecule has 3 aliphatic heterocycles. The van der Waals surface area contributed by atoms with Crippen LogP contribution in [0.3, 0.4) is 0 Å². The number of hydrogen-bond donors (Lipinski definition) is 0. The van der Waals surface area contributed by atoms with Crippen LogP contribution in [0.4, 0.5) is 0 Å². The molecule has 136 valence electrons. The lowest BCUT2D eigenvalue weighted by atomic mass is 9.96. The molecule has 0 N–H and O–H groups in total. The summed E-state index contributed by atoms with van der Waals surface area (Å²) >= 11 is 0. The van der Waals surface area contributed by atoms with E-state index < -0.39 is 0 Å². The molecule has 3 rings (SSSR count). The molecule has 0 saturated carbocycles. The van der Waals surface area contributed by atoms with E-state index in [1.54, 1.807) is 0 Å². The van der Waals surface area contributed by atoms with Crippen LogP contribution in [0.15, 0.2) is 0 Å². The van der Waals surface area contributed by atoms with Crippen molar-refractivity contribution >= 4 is 11.8 Å². The van der Waals surface area contributed by atoms with E-state index in [-0.39, 0.29) is 17.7 Å². The van der Waals surface area contributed by atoms with Gasteiger partial charge in [0.25, 0.3) is 0 Å². The minimum Gasteiger partial charge on any atom is -0.378 e. The third-order valence-corrected chi connectivity index (χ3v) is 5.55. The van der Waals surface area contributed by atoms with E-state index in [1.165, 1.54) is 6.42 Å². The van der Waals surface area contributed by atoms with Gasteiger partial charge in [0, 0.05) is 32.7 Å². The normalized spacial score (nSPS) is 29.5. The molecule has 3 fully saturated rings. The first kappa shape index (κ1) is 17.7. The third kappa shape index (κ3) is 4.48. The summed E-state index contributed by atoms with van der Waals surface area (Å²) in [6.07, 6.45) is 4.29. The maximum Gasteiger partial charge on any atom is 0.236 e. The molecule has 0 bridgehead atoms. The topological polar surface area (TPSA) is 53.1 Å². The monoisotopic (exact) mass is 337 g/mol. The van der Waals surface area contributed by atoms with Gasteiger partial charge in [0.1, 0.15) is 0 Å². The fourth-order valence-electron chi connectivity index (χ4n) is 4.15. The van der Waals surface area contributed by atoms with Crippen LogP contribution in [0.5, 0.6) is 0 Å². The average Bonchev–Trinajstić information content (AvgIpc) is 2.62. The molecule has 2 unspecified atom stereocenters. The van der Waals surface area contributed by atoms with Crippen molar-refractivity contribution in [1.29, 1.82) is 0 Å². The second-order valence-corrected chi connectivity index (χ2v) is 7.60. The SMILES string of the molecule is CC1CCCN(C(=O)CN2CCCC(C(=O)N3CCOCC3)C2)C1. The number of morpholine rings is 1. The summed E-state index contributed by atoms with van der Waals surface area (Å²) in [7, 11) is 0. The standard InChI is InChI=1S/C18H31N3O3/c1-15-4-2-7-21(12-15)17(22)14-19-6-3-5-16(13-19)18(23)20-8-10-24-11-9-20/h15-16H,2-14H2,1H3. The molecule has 0 aromatic rings. The van der Waals surface area contributed by atoms with E-state index in [0.717, 1.165) is 45.4 Å². The molecule has 6 heteroatoms. The zero-order valence-electron chi connectivity index (χ0n) is 14.9. The van der Waals surface area contributed by atoms with Crippen LogP contribution < -0.4 is 0 Å². The quantitative estimate of drug-likeness (QED) is 0.765. The van der Waals surface area contributed by atoms with Gasteiger partial charge < -0.3 is 14.5 Å². The lowest BCUT2D eigenvalue weighted by Gasteiger charge is -2.37. The average molecular weight is 337 g/mol. The summed E-state index contributed by atoms with van der Waals surface area (Å²) in [5.74, 6) is 1.15. The van der Waals surface area contributed by atoms with Crippen molar-refractivity contribution in [2.45, 2.75) is 32.6 Å². The maximum atomic E-state index is 12.7. The molecule has 6 nitrogen and oxygen atoms in total. The minimum atomic E-state index is 0.0462. The van der Waals surface area contributed by atoms with Gasteiger partial charge >= 0.3 is 0 Å². The van der Waals surface area contributed by atoms with Crippen LogP contribution >= 0.6 is 0 Å². The minimum absolute atomic E-state index is 0.0462. The number of likely N-dealkylation sites (tertiary alicyclic amines) is 2. The van der Waals surface area contributed by atoms with E-state index in [0.29, 0.717) is 38.8 Å². The summed E-state index contributed by atoms with van der Waals surface area (Å²) in [6.45, 7) is 8.85. The van der Waals surface area contributed by atoms with E-state index >= 15 is 0 Å². The predicted molar refractivity (Wildman–Crippen MR) is 91.5 cm³/mol. The van der Waals surface area contributed by atoms with Crippen molar-refractivity contribution in [3.05, 3.63) is 0 Å². The van der Waals surface area contributed by atoms with Crippen molar-refractivity contribution < 1.29 is 14.3 Å². The Kier molecular flexibility index (Phi) is 6.11. The summed E-state index contributed by atoms with van der Waals surface area (Å²) in [4.78, 5) is 31.4. The number of carbonyl (C=O) groups is 2. The first-order chi connectivity index (χ1) is 11.6. The Morgan fingerprint density at radius 2 is 1.71 bits per heavy atom. The number of ether oxygens (including phenoxy) is 1. The van der Waals surface area contributed by atoms with Gasteiger partial charge in [-0.2, -0.15) is 0 Å². The van der Waals surface area contributed by atoms with Crippen molar-refractivity contribution in [2.24, 2.45) is 11.8 Å². The number of hydrogen-bond acceptors (Lipinski definition) is 4. The van der Waals surface area contributed by atoms with Gasteiger partial charge in [0.2, 0.25) is 11.8 Å². The molecule has 3 aliphatic rings. The summed E-state index contributed by atoms with van der Waals surface area (Å²) in [5, 5.41) is 0. The Hall–Kier alpha value is -1.14. The molecule has 3 heterocycles. The van der Waals surface area contributed by atoms with Crippen LogP contribution in [0.25, 0.3) is 0 Å². The van der Waals surface area contributed by atoms with Gasteiger partial charge in [-0.3, -0.25) is 14.5 Å². The highest BCUT2D eigenvalue weighted by atomic mass is 16.5. The molecule has 0 radical (unpaired) electrons. The predicted octanol–water partition coefficient (Wildman–Crippen LogP) is 0.816. The van der Waals surface area contributed by atoms with E-state index in [2.05, 4.69) is 11.8 Å². The van der Waals surface area contributed by atoms with Gasteiger partial charge in [-0.1, -0.05) is 6.92 Å². The molecule has 0 aliphatic carbocycles. The Labute approximate surface area is 145 Å². The summed E-state index contributed by atoms with van der Waals surface area (Å²) in [6, 6.07) is 0. The lowest BCUT2D eigenvalue weighted by molar-refractivity contribution is -0.143.